The first-order valence-electron chi connectivity index (χ1n) is 5.59. The average molecular weight is 268 g/mol. The molecule has 0 bridgehead atoms. The predicted octanol–water partition coefficient (Wildman–Crippen LogP) is 1.67. The quantitative estimate of drug-likeness (QED) is 0.851. The third-order valence-corrected chi connectivity index (χ3v) is 3.89. The Labute approximate surface area is 107 Å². The molecule has 1 aromatic carbocycles. The topological polar surface area (TPSA) is 79.2 Å². The van der Waals surface area contributed by atoms with Gasteiger partial charge in [-0.25, -0.2) is 8.42 Å². The normalized spacial score (nSPS) is 12.7. The summed E-state index contributed by atoms with van der Waals surface area (Å²) in [7, 11) is -2.14. The van der Waals surface area contributed by atoms with Crippen LogP contribution in [0.1, 0.15) is 19.8 Å². The molecule has 1 unspecified atom stereocenters. The average Bonchev–Trinajstić information content (AvgIpc) is 2.38. The molecule has 0 heterocycles. The fourth-order valence-electron chi connectivity index (χ4n) is 1.45. The van der Waals surface area contributed by atoms with E-state index in [4.69, 9.17) is 10.00 Å². The summed E-state index contributed by atoms with van der Waals surface area (Å²) in [5, 5.41) is 8.85. The van der Waals surface area contributed by atoms with Gasteiger partial charge in [0.05, 0.1) is 18.1 Å². The Kier molecular flexibility index (Phi) is 5.13. The minimum Gasteiger partial charge on any atom is -0.497 e. The maximum absolute atomic E-state index is 12.0. The van der Waals surface area contributed by atoms with Gasteiger partial charge in [0.2, 0.25) is 10.0 Å². The minimum atomic E-state index is -3.65. The molecule has 0 radical (unpaired) electrons. The molecule has 98 valence electrons. The first-order chi connectivity index (χ1) is 8.53. The first-order valence-corrected chi connectivity index (χ1v) is 7.07. The van der Waals surface area contributed by atoms with Crippen molar-refractivity contribution in [3.63, 3.8) is 0 Å². The van der Waals surface area contributed by atoms with E-state index in [-0.39, 0.29) is 4.90 Å². The van der Waals surface area contributed by atoms with E-state index in [2.05, 4.69) is 4.72 Å². The van der Waals surface area contributed by atoms with E-state index >= 15 is 0 Å². The van der Waals surface area contributed by atoms with Gasteiger partial charge in [0.15, 0.2) is 0 Å². The highest BCUT2D eigenvalue weighted by molar-refractivity contribution is 7.89. The van der Waals surface area contributed by atoms with Gasteiger partial charge in [-0.1, -0.05) is 13.3 Å². The lowest BCUT2D eigenvalue weighted by Crippen LogP contribution is -2.33. The lowest BCUT2D eigenvalue weighted by Gasteiger charge is -2.11. The number of rotatable bonds is 6. The van der Waals surface area contributed by atoms with Crippen molar-refractivity contribution in [2.24, 2.45) is 0 Å². The van der Waals surface area contributed by atoms with Crippen LogP contribution in [0.4, 0.5) is 0 Å². The molecule has 0 aliphatic rings. The number of nitrogens with zero attached hydrogens (tertiary/aromatic N) is 1. The number of benzene rings is 1. The largest absolute Gasteiger partial charge is 0.497 e. The van der Waals surface area contributed by atoms with Crippen molar-refractivity contribution in [2.45, 2.75) is 30.7 Å². The number of nitriles is 1. The molecule has 5 nitrogen and oxygen atoms in total. The molecule has 1 N–H and O–H groups in total. The number of methoxy groups -OCH3 is 1. The predicted molar refractivity (Wildman–Crippen MR) is 67.6 cm³/mol. The van der Waals surface area contributed by atoms with Crippen LogP contribution < -0.4 is 9.46 Å². The van der Waals surface area contributed by atoms with Gasteiger partial charge >= 0.3 is 0 Å². The van der Waals surface area contributed by atoms with E-state index in [0.717, 1.165) is 6.42 Å². The van der Waals surface area contributed by atoms with Crippen LogP contribution in [-0.2, 0) is 10.0 Å². The maximum atomic E-state index is 12.0. The molecule has 1 atom stereocenters. The van der Waals surface area contributed by atoms with E-state index in [1.807, 2.05) is 13.0 Å². The molecule has 0 saturated carbocycles. The van der Waals surface area contributed by atoms with Gasteiger partial charge < -0.3 is 4.74 Å². The Morgan fingerprint density at radius 1 is 1.39 bits per heavy atom. The second-order valence-corrected chi connectivity index (χ2v) is 5.48. The molecule has 0 amide bonds. The van der Waals surface area contributed by atoms with Crippen molar-refractivity contribution in [1.82, 2.24) is 4.72 Å². The molecule has 0 saturated heterocycles. The summed E-state index contributed by atoms with van der Waals surface area (Å²) in [5.74, 6) is 0.583. The second kappa shape index (κ2) is 6.38. The molecule has 18 heavy (non-hydrogen) atoms. The van der Waals surface area contributed by atoms with E-state index in [1.54, 1.807) is 12.1 Å². The number of ether oxygens (including phenoxy) is 1. The fraction of sp³-hybridized carbons (Fsp3) is 0.417. The Morgan fingerprint density at radius 3 is 2.44 bits per heavy atom. The Morgan fingerprint density at radius 2 is 2.00 bits per heavy atom. The summed E-state index contributed by atoms with van der Waals surface area (Å²) in [6, 6.07) is 7.27. The summed E-state index contributed by atoms with van der Waals surface area (Å²) in [5.41, 5.74) is 0. The van der Waals surface area contributed by atoms with Crippen molar-refractivity contribution < 1.29 is 13.2 Å². The van der Waals surface area contributed by atoms with Gasteiger partial charge in [-0.3, -0.25) is 0 Å². The minimum absolute atomic E-state index is 0.125. The van der Waals surface area contributed by atoms with E-state index in [1.165, 1.54) is 19.2 Å². The molecule has 0 spiro atoms. The number of sulfonamides is 1. The SMILES string of the molecule is CCCC(C#N)NS(=O)(=O)c1ccc(OC)cc1. The molecule has 1 rings (SSSR count). The van der Waals surface area contributed by atoms with Crippen LogP contribution in [0.2, 0.25) is 0 Å². The van der Waals surface area contributed by atoms with Gasteiger partial charge in [0.25, 0.3) is 0 Å². The standard InChI is InChI=1S/C12H16N2O3S/c1-3-4-10(9-13)14-18(15,16)12-7-5-11(17-2)6-8-12/h5-8,10,14H,3-4H2,1-2H3. The molecule has 0 aliphatic heterocycles. The smallest absolute Gasteiger partial charge is 0.241 e. The van der Waals surface area contributed by atoms with E-state index in [0.29, 0.717) is 12.2 Å². The van der Waals surface area contributed by atoms with Gasteiger partial charge in [-0.05, 0) is 30.7 Å². The molecule has 0 fully saturated rings. The van der Waals surface area contributed by atoms with Gasteiger partial charge in [0.1, 0.15) is 11.8 Å². The summed E-state index contributed by atoms with van der Waals surface area (Å²) in [6.45, 7) is 1.89. The van der Waals surface area contributed by atoms with Crippen molar-refractivity contribution >= 4 is 10.0 Å². The Bertz CT molecular complexity index is 517. The van der Waals surface area contributed by atoms with Crippen molar-refractivity contribution in [3.8, 4) is 11.8 Å². The van der Waals surface area contributed by atoms with Gasteiger partial charge in [0, 0.05) is 0 Å². The molecule has 6 heteroatoms. The van der Waals surface area contributed by atoms with Gasteiger partial charge in [-0.15, -0.1) is 0 Å². The fourth-order valence-corrected chi connectivity index (χ4v) is 2.62. The van der Waals surface area contributed by atoms with Crippen LogP contribution in [0, 0.1) is 11.3 Å². The maximum Gasteiger partial charge on any atom is 0.241 e. The zero-order chi connectivity index (χ0) is 13.6. The summed E-state index contributed by atoms with van der Waals surface area (Å²) < 4.78 is 31.3. The van der Waals surface area contributed by atoms with Crippen LogP contribution in [0.3, 0.4) is 0 Å². The summed E-state index contributed by atoms with van der Waals surface area (Å²) in [4.78, 5) is 0.125. The van der Waals surface area contributed by atoms with Crippen LogP contribution in [0.5, 0.6) is 5.75 Å². The number of nitrogens with one attached hydrogen (secondary N) is 1. The van der Waals surface area contributed by atoms with Crippen molar-refractivity contribution in [1.29, 1.82) is 5.26 Å². The monoisotopic (exact) mass is 268 g/mol. The third kappa shape index (κ3) is 3.72. The summed E-state index contributed by atoms with van der Waals surface area (Å²) in [6.07, 6.45) is 1.23. The number of hydrogen-bond acceptors (Lipinski definition) is 4. The highest BCUT2D eigenvalue weighted by Crippen LogP contribution is 2.16. The molecule has 1 aromatic rings. The lowest BCUT2D eigenvalue weighted by molar-refractivity contribution is 0.414. The Balaban J connectivity index is 2.88. The van der Waals surface area contributed by atoms with Crippen LogP contribution >= 0.6 is 0 Å². The zero-order valence-electron chi connectivity index (χ0n) is 10.4. The van der Waals surface area contributed by atoms with Crippen LogP contribution in [-0.4, -0.2) is 21.6 Å². The lowest BCUT2D eigenvalue weighted by atomic mass is 10.2. The number of hydrogen-bond donors (Lipinski definition) is 1. The Hall–Kier alpha value is -1.58. The molecule has 0 aromatic heterocycles. The third-order valence-electron chi connectivity index (χ3n) is 2.40. The first kappa shape index (κ1) is 14.5. The van der Waals surface area contributed by atoms with Crippen molar-refractivity contribution in [2.75, 3.05) is 7.11 Å². The summed E-state index contributed by atoms with van der Waals surface area (Å²) >= 11 is 0. The van der Waals surface area contributed by atoms with E-state index < -0.39 is 16.1 Å². The van der Waals surface area contributed by atoms with E-state index in [9.17, 15) is 8.42 Å². The van der Waals surface area contributed by atoms with Crippen molar-refractivity contribution in [3.05, 3.63) is 24.3 Å². The second-order valence-electron chi connectivity index (χ2n) is 3.77. The molecule has 0 aliphatic carbocycles. The van der Waals surface area contributed by atoms with Gasteiger partial charge in [-0.2, -0.15) is 9.98 Å². The highest BCUT2D eigenvalue weighted by atomic mass is 32.2. The zero-order valence-corrected chi connectivity index (χ0v) is 11.2. The molecular formula is C12H16N2O3S. The van der Waals surface area contributed by atoms with Crippen LogP contribution in [0.25, 0.3) is 0 Å². The highest BCUT2D eigenvalue weighted by Gasteiger charge is 2.19. The van der Waals surface area contributed by atoms with Crippen LogP contribution in [0.15, 0.2) is 29.2 Å². The molecular weight excluding hydrogens is 252 g/mol.